The molecule has 1 N–H and O–H groups in total. The van der Waals surface area contributed by atoms with Crippen molar-refractivity contribution in [1.29, 1.82) is 0 Å². The van der Waals surface area contributed by atoms with Gasteiger partial charge < -0.3 is 5.21 Å². The van der Waals surface area contributed by atoms with Crippen LogP contribution in [0.1, 0.15) is 53.9 Å². The molecule has 0 aliphatic heterocycles. The minimum atomic E-state index is 0.0178. The SMILES string of the molecule is CCCCC(=NO)C(C)(C)C(C)C. The molecule has 0 aliphatic rings. The van der Waals surface area contributed by atoms with Crippen LogP contribution in [0.3, 0.4) is 0 Å². The maximum Gasteiger partial charge on any atom is 0.0629 e. The first-order chi connectivity index (χ1) is 5.96. The van der Waals surface area contributed by atoms with Gasteiger partial charge in [0, 0.05) is 5.41 Å². The van der Waals surface area contributed by atoms with Gasteiger partial charge >= 0.3 is 0 Å². The van der Waals surface area contributed by atoms with Crippen LogP contribution in [0.25, 0.3) is 0 Å². The van der Waals surface area contributed by atoms with Gasteiger partial charge in [0.2, 0.25) is 0 Å². The van der Waals surface area contributed by atoms with Gasteiger partial charge in [-0.05, 0) is 18.8 Å². The molecule has 0 aliphatic carbocycles. The first-order valence-electron chi connectivity index (χ1n) is 5.18. The van der Waals surface area contributed by atoms with Crippen LogP contribution in [0.4, 0.5) is 0 Å². The van der Waals surface area contributed by atoms with E-state index in [1.165, 1.54) is 0 Å². The van der Waals surface area contributed by atoms with Crippen LogP contribution in [0.15, 0.2) is 5.16 Å². The molecule has 0 spiro atoms. The zero-order valence-electron chi connectivity index (χ0n) is 9.59. The fraction of sp³-hybridized carbons (Fsp3) is 0.909. The molecule has 13 heavy (non-hydrogen) atoms. The maximum absolute atomic E-state index is 8.93. The lowest BCUT2D eigenvalue weighted by molar-refractivity contribution is 0.288. The highest BCUT2D eigenvalue weighted by Gasteiger charge is 2.28. The zero-order valence-corrected chi connectivity index (χ0v) is 9.59. The number of nitrogens with zero attached hydrogens (tertiary/aromatic N) is 1. The molecule has 0 bridgehead atoms. The molecule has 0 unspecified atom stereocenters. The summed E-state index contributed by atoms with van der Waals surface area (Å²) >= 11 is 0. The van der Waals surface area contributed by atoms with Gasteiger partial charge in [0.05, 0.1) is 5.71 Å². The second-order valence-corrected chi connectivity index (χ2v) is 4.53. The van der Waals surface area contributed by atoms with Crippen LogP contribution in [0.5, 0.6) is 0 Å². The quantitative estimate of drug-likeness (QED) is 0.395. The molecule has 2 heteroatoms. The lowest BCUT2D eigenvalue weighted by Gasteiger charge is -2.30. The number of rotatable bonds is 5. The van der Waals surface area contributed by atoms with Gasteiger partial charge in [-0.1, -0.05) is 46.2 Å². The molecule has 0 aromatic heterocycles. The van der Waals surface area contributed by atoms with E-state index < -0.39 is 0 Å². The molecule has 2 nitrogen and oxygen atoms in total. The van der Waals surface area contributed by atoms with Crippen molar-refractivity contribution in [1.82, 2.24) is 0 Å². The Morgan fingerprint density at radius 2 is 1.92 bits per heavy atom. The minimum Gasteiger partial charge on any atom is -0.411 e. The predicted molar refractivity (Wildman–Crippen MR) is 57.4 cm³/mol. The van der Waals surface area contributed by atoms with Crippen LogP contribution in [0, 0.1) is 11.3 Å². The molecule has 0 amide bonds. The van der Waals surface area contributed by atoms with E-state index in [1.54, 1.807) is 0 Å². The Morgan fingerprint density at radius 3 is 2.23 bits per heavy atom. The van der Waals surface area contributed by atoms with Crippen molar-refractivity contribution < 1.29 is 5.21 Å². The van der Waals surface area contributed by atoms with Crippen molar-refractivity contribution in [3.63, 3.8) is 0 Å². The molecule has 78 valence electrons. The largest absolute Gasteiger partial charge is 0.411 e. The molecule has 0 saturated heterocycles. The van der Waals surface area contributed by atoms with Gasteiger partial charge in [0.1, 0.15) is 0 Å². The summed E-state index contributed by atoms with van der Waals surface area (Å²) < 4.78 is 0. The van der Waals surface area contributed by atoms with Crippen molar-refractivity contribution in [3.05, 3.63) is 0 Å². The average molecular weight is 185 g/mol. The number of oxime groups is 1. The van der Waals surface area contributed by atoms with Crippen LogP contribution in [-0.4, -0.2) is 10.9 Å². The summed E-state index contributed by atoms with van der Waals surface area (Å²) in [5, 5.41) is 12.4. The van der Waals surface area contributed by atoms with Crippen LogP contribution in [0.2, 0.25) is 0 Å². The van der Waals surface area contributed by atoms with Crippen molar-refractivity contribution >= 4 is 5.71 Å². The molecular formula is C11H23NO. The van der Waals surface area contributed by atoms with E-state index in [0.717, 1.165) is 25.0 Å². The number of unbranched alkanes of at least 4 members (excludes halogenated alkanes) is 1. The summed E-state index contributed by atoms with van der Waals surface area (Å²) in [5.74, 6) is 0.509. The Kier molecular flexibility index (Phi) is 5.04. The summed E-state index contributed by atoms with van der Waals surface area (Å²) in [5.41, 5.74) is 0.952. The standard InChI is InChI=1S/C11H23NO/c1-6-7-8-10(12-13)11(4,5)9(2)3/h9,13H,6-8H2,1-5H3. The van der Waals surface area contributed by atoms with E-state index in [1.807, 2.05) is 0 Å². The summed E-state index contributed by atoms with van der Waals surface area (Å²) in [7, 11) is 0. The first kappa shape index (κ1) is 12.5. The third kappa shape index (κ3) is 3.37. The lowest BCUT2D eigenvalue weighted by Crippen LogP contribution is -2.30. The molecule has 0 saturated carbocycles. The Morgan fingerprint density at radius 1 is 1.38 bits per heavy atom. The highest BCUT2D eigenvalue weighted by atomic mass is 16.4. The average Bonchev–Trinajstić information content (AvgIpc) is 2.05. The normalized spacial score (nSPS) is 13.8. The van der Waals surface area contributed by atoms with Crippen LogP contribution >= 0.6 is 0 Å². The maximum atomic E-state index is 8.93. The van der Waals surface area contributed by atoms with Crippen LogP contribution in [-0.2, 0) is 0 Å². The molecule has 0 fully saturated rings. The van der Waals surface area contributed by atoms with Gasteiger partial charge in [-0.25, -0.2) is 0 Å². The van der Waals surface area contributed by atoms with Crippen molar-refractivity contribution in [2.24, 2.45) is 16.5 Å². The van der Waals surface area contributed by atoms with Crippen molar-refractivity contribution in [2.45, 2.75) is 53.9 Å². The van der Waals surface area contributed by atoms with E-state index in [9.17, 15) is 0 Å². The Balaban J connectivity index is 4.40. The monoisotopic (exact) mass is 185 g/mol. The van der Waals surface area contributed by atoms with Gasteiger partial charge in [0.15, 0.2) is 0 Å². The van der Waals surface area contributed by atoms with Gasteiger partial charge in [0.25, 0.3) is 0 Å². The lowest BCUT2D eigenvalue weighted by atomic mass is 9.75. The second-order valence-electron chi connectivity index (χ2n) is 4.53. The smallest absolute Gasteiger partial charge is 0.0629 e. The minimum absolute atomic E-state index is 0.0178. The van der Waals surface area contributed by atoms with Gasteiger partial charge in [-0.15, -0.1) is 0 Å². The summed E-state index contributed by atoms with van der Waals surface area (Å²) in [6.07, 6.45) is 3.17. The number of hydrogen-bond acceptors (Lipinski definition) is 2. The first-order valence-corrected chi connectivity index (χ1v) is 5.18. The summed E-state index contributed by atoms with van der Waals surface area (Å²) in [4.78, 5) is 0. The molecule has 0 atom stereocenters. The molecule has 0 radical (unpaired) electrons. The Bertz CT molecular complexity index is 171. The van der Waals surface area contributed by atoms with Gasteiger partial charge in [-0.3, -0.25) is 0 Å². The molecule has 0 rings (SSSR count). The van der Waals surface area contributed by atoms with E-state index in [0.29, 0.717) is 5.92 Å². The summed E-state index contributed by atoms with van der Waals surface area (Å²) in [6.45, 7) is 10.8. The van der Waals surface area contributed by atoms with E-state index in [4.69, 9.17) is 5.21 Å². The molecule has 0 aromatic carbocycles. The Labute approximate surface area is 82.0 Å². The fourth-order valence-corrected chi connectivity index (χ4v) is 1.18. The molecule has 0 heterocycles. The highest BCUT2D eigenvalue weighted by molar-refractivity contribution is 5.89. The highest BCUT2D eigenvalue weighted by Crippen LogP contribution is 2.30. The van der Waals surface area contributed by atoms with E-state index in [-0.39, 0.29) is 5.41 Å². The second kappa shape index (κ2) is 5.25. The Hall–Kier alpha value is -0.530. The van der Waals surface area contributed by atoms with E-state index >= 15 is 0 Å². The third-order valence-corrected chi connectivity index (χ3v) is 3.07. The molecule has 0 aromatic rings. The van der Waals surface area contributed by atoms with E-state index in [2.05, 4.69) is 39.8 Å². The number of hydrogen-bond donors (Lipinski definition) is 1. The van der Waals surface area contributed by atoms with Crippen LogP contribution < -0.4 is 0 Å². The zero-order chi connectivity index (χ0) is 10.5. The summed E-state index contributed by atoms with van der Waals surface area (Å²) in [6, 6.07) is 0. The fourth-order valence-electron chi connectivity index (χ4n) is 1.18. The van der Waals surface area contributed by atoms with Crippen molar-refractivity contribution in [3.8, 4) is 0 Å². The molecular weight excluding hydrogens is 162 g/mol. The van der Waals surface area contributed by atoms with Gasteiger partial charge in [-0.2, -0.15) is 0 Å². The van der Waals surface area contributed by atoms with Crippen molar-refractivity contribution in [2.75, 3.05) is 0 Å². The topological polar surface area (TPSA) is 32.6 Å². The predicted octanol–water partition coefficient (Wildman–Crippen LogP) is 3.69. The third-order valence-electron chi connectivity index (χ3n) is 3.07.